The fourth-order valence-electron chi connectivity index (χ4n) is 2.78. The Bertz CT molecular complexity index is 843. The maximum Gasteiger partial charge on any atom is 0.161 e. The normalized spacial score (nSPS) is 10.9. The molecule has 114 valence electrons. The first-order chi connectivity index (χ1) is 10.7. The number of alkyl halides is 1. The molecule has 0 saturated carbocycles. The highest BCUT2D eigenvalue weighted by Crippen LogP contribution is 2.38. The molecule has 0 saturated heterocycles. The lowest BCUT2D eigenvalue weighted by atomic mass is 9.97. The molecule has 0 aliphatic carbocycles. The van der Waals surface area contributed by atoms with Crippen LogP contribution in [0, 0.1) is 0 Å². The minimum atomic E-state index is 0.735. The lowest BCUT2D eigenvalue weighted by molar-refractivity contribution is 0.356. The zero-order valence-corrected chi connectivity index (χ0v) is 14.4. The predicted octanol–water partition coefficient (Wildman–Crippen LogP) is 4.91. The average Bonchev–Trinajstić information content (AvgIpc) is 2.58. The van der Waals surface area contributed by atoms with Crippen molar-refractivity contribution in [2.24, 2.45) is 0 Å². The van der Waals surface area contributed by atoms with Gasteiger partial charge in [-0.1, -0.05) is 22.0 Å². The molecule has 3 nitrogen and oxygen atoms in total. The van der Waals surface area contributed by atoms with Crippen molar-refractivity contribution in [1.82, 2.24) is 0 Å². The molecule has 0 N–H and O–H groups in total. The minimum absolute atomic E-state index is 0.735. The summed E-state index contributed by atoms with van der Waals surface area (Å²) >= 11 is 3.58. The largest absolute Gasteiger partial charge is 0.497 e. The second kappa shape index (κ2) is 6.05. The maximum absolute atomic E-state index is 5.45. The lowest BCUT2D eigenvalue weighted by Crippen LogP contribution is -1.93. The zero-order chi connectivity index (χ0) is 15.7. The molecule has 0 radical (unpaired) electrons. The SMILES string of the molecule is COc1ccc2c(c1)cc(CBr)c1cc(OC)c(OC)cc12. The van der Waals surface area contributed by atoms with Gasteiger partial charge in [-0.2, -0.15) is 0 Å². The smallest absolute Gasteiger partial charge is 0.161 e. The van der Waals surface area contributed by atoms with E-state index in [1.165, 1.54) is 10.9 Å². The number of rotatable bonds is 4. The third kappa shape index (κ3) is 2.37. The molecule has 0 aliphatic rings. The van der Waals surface area contributed by atoms with E-state index < -0.39 is 0 Å². The van der Waals surface area contributed by atoms with E-state index in [4.69, 9.17) is 14.2 Å². The molecule has 0 aromatic heterocycles. The molecule has 0 amide bonds. The van der Waals surface area contributed by atoms with E-state index in [2.05, 4.69) is 34.1 Å². The first kappa shape index (κ1) is 15.0. The Hall–Kier alpha value is -1.94. The molecule has 0 spiro atoms. The molecule has 0 fully saturated rings. The molecule has 22 heavy (non-hydrogen) atoms. The van der Waals surface area contributed by atoms with E-state index in [1.807, 2.05) is 18.2 Å². The van der Waals surface area contributed by atoms with Crippen LogP contribution in [0.1, 0.15) is 5.56 Å². The van der Waals surface area contributed by atoms with Crippen LogP contribution < -0.4 is 14.2 Å². The predicted molar refractivity (Wildman–Crippen MR) is 93.7 cm³/mol. The van der Waals surface area contributed by atoms with E-state index >= 15 is 0 Å². The Balaban J connectivity index is 2.43. The van der Waals surface area contributed by atoms with Gasteiger partial charge in [0, 0.05) is 5.33 Å². The molecular weight excluding hydrogens is 344 g/mol. The standard InChI is InChI=1S/C18H17BrO3/c1-20-13-4-5-14-11(7-13)6-12(10-19)15-8-17(21-2)18(22-3)9-16(14)15/h4-9H,10H2,1-3H3. The number of hydrogen-bond donors (Lipinski definition) is 0. The van der Waals surface area contributed by atoms with Gasteiger partial charge in [0.05, 0.1) is 21.3 Å². The molecule has 3 aromatic carbocycles. The van der Waals surface area contributed by atoms with Crippen LogP contribution in [0.25, 0.3) is 21.5 Å². The number of benzene rings is 3. The Kier molecular flexibility index (Phi) is 4.12. The summed E-state index contributed by atoms with van der Waals surface area (Å²) in [6.45, 7) is 0. The van der Waals surface area contributed by atoms with Crippen molar-refractivity contribution in [2.45, 2.75) is 5.33 Å². The van der Waals surface area contributed by atoms with Crippen LogP contribution in [0.4, 0.5) is 0 Å². The summed E-state index contributed by atoms with van der Waals surface area (Å²) in [5, 5.41) is 5.39. The highest BCUT2D eigenvalue weighted by atomic mass is 79.9. The topological polar surface area (TPSA) is 27.7 Å². The Morgan fingerprint density at radius 1 is 0.773 bits per heavy atom. The summed E-state index contributed by atoms with van der Waals surface area (Å²) in [6.07, 6.45) is 0. The lowest BCUT2D eigenvalue weighted by Gasteiger charge is -2.14. The van der Waals surface area contributed by atoms with Crippen LogP contribution in [0.5, 0.6) is 17.2 Å². The first-order valence-corrected chi connectivity index (χ1v) is 8.05. The Labute approximate surface area is 137 Å². The van der Waals surface area contributed by atoms with Crippen molar-refractivity contribution in [2.75, 3.05) is 21.3 Å². The van der Waals surface area contributed by atoms with Gasteiger partial charge >= 0.3 is 0 Å². The monoisotopic (exact) mass is 360 g/mol. The van der Waals surface area contributed by atoms with Crippen molar-refractivity contribution >= 4 is 37.5 Å². The molecule has 3 rings (SSSR count). The van der Waals surface area contributed by atoms with Crippen molar-refractivity contribution in [3.8, 4) is 17.2 Å². The van der Waals surface area contributed by atoms with Gasteiger partial charge in [-0.05, 0) is 57.4 Å². The molecule has 4 heteroatoms. The average molecular weight is 361 g/mol. The number of hydrogen-bond acceptors (Lipinski definition) is 3. The van der Waals surface area contributed by atoms with Gasteiger partial charge in [-0.3, -0.25) is 0 Å². The molecule has 0 aliphatic heterocycles. The van der Waals surface area contributed by atoms with Gasteiger partial charge in [0.25, 0.3) is 0 Å². The summed E-state index contributed by atoms with van der Waals surface area (Å²) < 4.78 is 16.2. The molecular formula is C18H17BrO3. The summed E-state index contributed by atoms with van der Waals surface area (Å²) in [5.41, 5.74) is 1.21. The fraction of sp³-hybridized carbons (Fsp3) is 0.222. The number of methoxy groups -OCH3 is 3. The van der Waals surface area contributed by atoms with Crippen LogP contribution in [0.2, 0.25) is 0 Å². The molecule has 0 heterocycles. The van der Waals surface area contributed by atoms with Crippen LogP contribution in [0.3, 0.4) is 0 Å². The van der Waals surface area contributed by atoms with Crippen molar-refractivity contribution in [3.05, 3.63) is 42.0 Å². The van der Waals surface area contributed by atoms with Crippen LogP contribution in [0.15, 0.2) is 36.4 Å². The van der Waals surface area contributed by atoms with Crippen LogP contribution >= 0.6 is 15.9 Å². The first-order valence-electron chi connectivity index (χ1n) is 6.93. The fourth-order valence-corrected chi connectivity index (χ4v) is 3.24. The number of ether oxygens (including phenoxy) is 3. The zero-order valence-electron chi connectivity index (χ0n) is 12.8. The minimum Gasteiger partial charge on any atom is -0.497 e. The quantitative estimate of drug-likeness (QED) is 0.488. The summed E-state index contributed by atoms with van der Waals surface area (Å²) in [6, 6.07) is 12.4. The van der Waals surface area contributed by atoms with E-state index in [0.717, 1.165) is 38.7 Å². The highest BCUT2D eigenvalue weighted by Gasteiger charge is 2.12. The van der Waals surface area contributed by atoms with E-state index in [9.17, 15) is 0 Å². The maximum atomic E-state index is 5.45. The second-order valence-corrected chi connectivity index (χ2v) is 5.57. The van der Waals surface area contributed by atoms with Gasteiger partial charge in [0.1, 0.15) is 5.75 Å². The Morgan fingerprint density at radius 3 is 2.05 bits per heavy atom. The molecule has 3 aromatic rings. The summed E-state index contributed by atoms with van der Waals surface area (Å²) in [5.74, 6) is 2.33. The van der Waals surface area contributed by atoms with E-state index in [0.29, 0.717) is 0 Å². The summed E-state index contributed by atoms with van der Waals surface area (Å²) in [7, 11) is 4.99. The van der Waals surface area contributed by atoms with Crippen molar-refractivity contribution in [3.63, 3.8) is 0 Å². The third-order valence-corrected chi connectivity index (χ3v) is 4.50. The van der Waals surface area contributed by atoms with Crippen LogP contribution in [-0.2, 0) is 5.33 Å². The third-order valence-electron chi connectivity index (χ3n) is 3.89. The molecule has 0 unspecified atom stereocenters. The van der Waals surface area contributed by atoms with Crippen LogP contribution in [-0.4, -0.2) is 21.3 Å². The van der Waals surface area contributed by atoms with Gasteiger partial charge in [0.15, 0.2) is 11.5 Å². The van der Waals surface area contributed by atoms with Gasteiger partial charge in [0.2, 0.25) is 0 Å². The summed E-state index contributed by atoms with van der Waals surface area (Å²) in [4.78, 5) is 0. The number of halogens is 1. The highest BCUT2D eigenvalue weighted by molar-refractivity contribution is 9.08. The van der Waals surface area contributed by atoms with Gasteiger partial charge in [-0.25, -0.2) is 0 Å². The second-order valence-electron chi connectivity index (χ2n) is 5.01. The van der Waals surface area contributed by atoms with Crippen molar-refractivity contribution in [1.29, 1.82) is 0 Å². The van der Waals surface area contributed by atoms with Gasteiger partial charge < -0.3 is 14.2 Å². The van der Waals surface area contributed by atoms with E-state index in [1.54, 1.807) is 21.3 Å². The molecule has 0 atom stereocenters. The number of fused-ring (bicyclic) bond motifs is 3. The molecule has 0 bridgehead atoms. The van der Waals surface area contributed by atoms with Crippen molar-refractivity contribution < 1.29 is 14.2 Å². The Morgan fingerprint density at radius 2 is 1.45 bits per heavy atom. The van der Waals surface area contributed by atoms with Gasteiger partial charge in [-0.15, -0.1) is 0 Å². The van der Waals surface area contributed by atoms with E-state index in [-0.39, 0.29) is 0 Å².